The molecule has 0 fully saturated rings. The van der Waals surface area contributed by atoms with Crippen LogP contribution in [-0.2, 0) is 4.74 Å². The second kappa shape index (κ2) is 9.04. The van der Waals surface area contributed by atoms with E-state index in [1.54, 1.807) is 43.3 Å². The predicted octanol–water partition coefficient (Wildman–Crippen LogP) is 5.92. The van der Waals surface area contributed by atoms with Crippen molar-refractivity contribution in [2.24, 2.45) is 0 Å². The average molecular weight is 521 g/mol. The molecule has 36 heavy (non-hydrogen) atoms. The first-order chi connectivity index (χ1) is 17.2. The minimum absolute atomic E-state index is 0.0423. The Morgan fingerprint density at radius 2 is 1.89 bits per heavy atom. The highest BCUT2D eigenvalue weighted by Crippen LogP contribution is 2.43. The topological polar surface area (TPSA) is 89.7 Å². The first kappa shape index (κ1) is 24.0. The van der Waals surface area contributed by atoms with Crippen LogP contribution in [-0.4, -0.2) is 23.5 Å². The average Bonchev–Trinajstić information content (AvgIpc) is 3.37. The fourth-order valence-corrected chi connectivity index (χ4v) is 5.37. The van der Waals surface area contributed by atoms with Crippen LogP contribution in [0.3, 0.4) is 0 Å². The van der Waals surface area contributed by atoms with Crippen LogP contribution in [0.5, 0.6) is 0 Å². The molecule has 2 aromatic carbocycles. The van der Waals surface area contributed by atoms with Crippen molar-refractivity contribution in [2.75, 3.05) is 11.5 Å². The monoisotopic (exact) mass is 520 g/mol. The van der Waals surface area contributed by atoms with E-state index >= 15 is 0 Å². The molecule has 1 aliphatic rings. The van der Waals surface area contributed by atoms with Crippen molar-refractivity contribution >= 4 is 50.9 Å². The van der Waals surface area contributed by atoms with Gasteiger partial charge in [-0.05, 0) is 61.7 Å². The van der Waals surface area contributed by atoms with Gasteiger partial charge in [0.05, 0.1) is 22.7 Å². The summed E-state index contributed by atoms with van der Waals surface area (Å²) in [5.74, 6) is -1.12. The van der Waals surface area contributed by atoms with Crippen molar-refractivity contribution in [3.05, 3.63) is 103 Å². The number of hydrogen-bond acceptors (Lipinski definition) is 7. The summed E-state index contributed by atoms with van der Waals surface area (Å²) in [4.78, 5) is 46.3. The third-order valence-corrected chi connectivity index (χ3v) is 7.57. The Morgan fingerprint density at radius 1 is 1.19 bits per heavy atom. The summed E-state index contributed by atoms with van der Waals surface area (Å²) < 4.78 is 11.2. The second-order valence-electron chi connectivity index (χ2n) is 8.53. The lowest BCUT2D eigenvalue weighted by atomic mass is 9.97. The van der Waals surface area contributed by atoms with E-state index in [0.29, 0.717) is 27.2 Å². The van der Waals surface area contributed by atoms with Gasteiger partial charge >= 0.3 is 5.97 Å². The van der Waals surface area contributed by atoms with E-state index in [-0.39, 0.29) is 33.4 Å². The molecule has 1 unspecified atom stereocenters. The van der Waals surface area contributed by atoms with Gasteiger partial charge in [-0.15, -0.1) is 0 Å². The van der Waals surface area contributed by atoms with Gasteiger partial charge in [-0.1, -0.05) is 47.7 Å². The molecule has 5 rings (SSSR count). The summed E-state index contributed by atoms with van der Waals surface area (Å²) in [6.07, 6.45) is 1.47. The number of amides is 1. The van der Waals surface area contributed by atoms with Crippen LogP contribution in [0, 0.1) is 20.8 Å². The number of rotatable bonds is 5. The zero-order chi connectivity index (χ0) is 25.7. The standard InChI is InChI=1S/C27H21ClN2O5S/c1-5-10-34-26(33)24-15(4)29-27(36-24)30-21(16-6-8-17(28)9-7-16)20-22(31)18-11-13(2)14(3)12-19(18)35-23(20)25(30)32/h5-9,11-12,21H,1,10H2,2-4H3. The number of thiazole rings is 1. The summed E-state index contributed by atoms with van der Waals surface area (Å²) in [7, 11) is 0. The molecule has 9 heteroatoms. The highest BCUT2D eigenvalue weighted by Gasteiger charge is 2.45. The molecule has 182 valence electrons. The van der Waals surface area contributed by atoms with Crippen LogP contribution in [0.25, 0.3) is 11.0 Å². The van der Waals surface area contributed by atoms with Crippen LogP contribution >= 0.6 is 22.9 Å². The maximum Gasteiger partial charge on any atom is 0.350 e. The lowest BCUT2D eigenvalue weighted by Gasteiger charge is -2.22. The summed E-state index contributed by atoms with van der Waals surface area (Å²) in [6, 6.07) is 9.63. The van der Waals surface area contributed by atoms with Crippen LogP contribution in [0.2, 0.25) is 5.02 Å². The molecular formula is C27H21ClN2O5S. The van der Waals surface area contributed by atoms with Gasteiger partial charge in [-0.25, -0.2) is 9.78 Å². The van der Waals surface area contributed by atoms with Crippen molar-refractivity contribution < 1.29 is 18.7 Å². The molecule has 1 aliphatic heterocycles. The minimum atomic E-state index is -0.811. The number of anilines is 1. The maximum atomic E-state index is 13.8. The van der Waals surface area contributed by atoms with E-state index in [1.807, 2.05) is 13.8 Å². The van der Waals surface area contributed by atoms with Gasteiger partial charge in [-0.2, -0.15) is 0 Å². The van der Waals surface area contributed by atoms with Gasteiger partial charge in [-0.3, -0.25) is 14.5 Å². The normalized spacial score (nSPS) is 14.8. The fourth-order valence-electron chi connectivity index (χ4n) is 4.26. The van der Waals surface area contributed by atoms with E-state index in [2.05, 4.69) is 11.6 Å². The molecule has 1 atom stereocenters. The van der Waals surface area contributed by atoms with E-state index in [4.69, 9.17) is 20.8 Å². The van der Waals surface area contributed by atoms with E-state index in [1.165, 1.54) is 11.0 Å². The summed E-state index contributed by atoms with van der Waals surface area (Å²) in [5.41, 5.74) is 3.24. The number of aromatic nitrogens is 1. The maximum absolute atomic E-state index is 13.8. The molecule has 0 saturated heterocycles. The quantitative estimate of drug-likeness (QED) is 0.240. The zero-order valence-corrected chi connectivity index (χ0v) is 21.3. The third-order valence-electron chi connectivity index (χ3n) is 6.18. The summed E-state index contributed by atoms with van der Waals surface area (Å²) in [6.45, 7) is 9.10. The van der Waals surface area contributed by atoms with Crippen molar-refractivity contribution in [1.29, 1.82) is 0 Å². The minimum Gasteiger partial charge on any atom is -0.457 e. The van der Waals surface area contributed by atoms with Crippen LogP contribution in [0.1, 0.15) is 54.2 Å². The van der Waals surface area contributed by atoms with Gasteiger partial charge in [0.2, 0.25) is 5.76 Å². The van der Waals surface area contributed by atoms with Gasteiger partial charge in [0.25, 0.3) is 5.91 Å². The molecular weight excluding hydrogens is 500 g/mol. The number of hydrogen-bond donors (Lipinski definition) is 0. The van der Waals surface area contributed by atoms with Crippen LogP contribution in [0.4, 0.5) is 5.13 Å². The second-order valence-corrected chi connectivity index (χ2v) is 9.95. The number of fused-ring (bicyclic) bond motifs is 2. The van der Waals surface area contributed by atoms with Crippen molar-refractivity contribution in [3.63, 3.8) is 0 Å². The van der Waals surface area contributed by atoms with Crippen molar-refractivity contribution in [1.82, 2.24) is 4.98 Å². The number of aryl methyl sites for hydroxylation is 3. The molecule has 3 heterocycles. The largest absolute Gasteiger partial charge is 0.457 e. The Morgan fingerprint density at radius 3 is 2.58 bits per heavy atom. The number of benzene rings is 2. The molecule has 0 radical (unpaired) electrons. The summed E-state index contributed by atoms with van der Waals surface area (Å²) in [5, 5.41) is 1.17. The van der Waals surface area contributed by atoms with Crippen LogP contribution < -0.4 is 10.3 Å². The van der Waals surface area contributed by atoms with E-state index in [0.717, 1.165) is 22.5 Å². The lowest BCUT2D eigenvalue weighted by Crippen LogP contribution is -2.29. The SMILES string of the molecule is C=CCOC(=O)c1sc(N2C(=O)c3oc4cc(C)c(C)cc4c(=O)c3C2c2ccc(Cl)cc2)nc1C. The number of halogens is 1. The molecule has 0 bridgehead atoms. The molecule has 0 aliphatic carbocycles. The van der Waals surface area contributed by atoms with Crippen molar-refractivity contribution in [3.8, 4) is 0 Å². The number of esters is 1. The summed E-state index contributed by atoms with van der Waals surface area (Å²) >= 11 is 7.14. The first-order valence-electron chi connectivity index (χ1n) is 11.1. The van der Waals surface area contributed by atoms with Gasteiger partial charge in [0.1, 0.15) is 17.1 Å². The highest BCUT2D eigenvalue weighted by molar-refractivity contribution is 7.17. The molecule has 2 aromatic heterocycles. The van der Waals surface area contributed by atoms with Crippen molar-refractivity contribution in [2.45, 2.75) is 26.8 Å². The molecule has 0 N–H and O–H groups in total. The number of carbonyl (C=O) groups is 2. The number of carbonyl (C=O) groups excluding carboxylic acids is 2. The Labute approximate surface area is 215 Å². The first-order valence-corrected chi connectivity index (χ1v) is 12.3. The van der Waals surface area contributed by atoms with Gasteiger partial charge in [0.15, 0.2) is 10.6 Å². The Kier molecular flexibility index (Phi) is 6.02. The molecule has 4 aromatic rings. The predicted molar refractivity (Wildman–Crippen MR) is 139 cm³/mol. The Hall–Kier alpha value is -3.75. The smallest absolute Gasteiger partial charge is 0.350 e. The van der Waals surface area contributed by atoms with Crippen LogP contribution in [0.15, 0.2) is 58.3 Å². The fraction of sp³-hybridized carbons (Fsp3) is 0.185. The Bertz CT molecular complexity index is 1620. The molecule has 0 spiro atoms. The lowest BCUT2D eigenvalue weighted by molar-refractivity contribution is 0.0554. The van der Waals surface area contributed by atoms with E-state index < -0.39 is 17.9 Å². The third kappa shape index (κ3) is 3.83. The van der Waals surface area contributed by atoms with Gasteiger partial charge in [0, 0.05) is 5.02 Å². The highest BCUT2D eigenvalue weighted by atomic mass is 35.5. The van der Waals surface area contributed by atoms with Gasteiger partial charge < -0.3 is 9.15 Å². The molecule has 7 nitrogen and oxygen atoms in total. The Balaban J connectivity index is 1.73. The number of ether oxygens (including phenoxy) is 1. The zero-order valence-electron chi connectivity index (χ0n) is 19.8. The number of nitrogens with zero attached hydrogens (tertiary/aromatic N) is 2. The van der Waals surface area contributed by atoms with E-state index in [9.17, 15) is 14.4 Å². The molecule has 0 saturated carbocycles. The molecule has 1 amide bonds.